The summed E-state index contributed by atoms with van der Waals surface area (Å²) in [6.07, 6.45) is 3.13. The topological polar surface area (TPSA) is 73.5 Å². The molecule has 0 atom stereocenters. The molecule has 0 spiro atoms. The fourth-order valence-corrected chi connectivity index (χ4v) is 3.42. The summed E-state index contributed by atoms with van der Waals surface area (Å²) in [5.74, 6) is 0. The number of hydrogen-bond acceptors (Lipinski definition) is 4. The van der Waals surface area contributed by atoms with Crippen molar-refractivity contribution in [3.05, 3.63) is 30.1 Å². The summed E-state index contributed by atoms with van der Waals surface area (Å²) in [6, 6.07) is 6.67. The molecule has 1 heterocycles. The van der Waals surface area contributed by atoms with Crippen LogP contribution >= 0.6 is 0 Å². The minimum Gasteiger partial charge on any atom is -0.361 e. The molecule has 0 aliphatic rings. The molecule has 0 aliphatic heterocycles. The van der Waals surface area contributed by atoms with E-state index in [-0.39, 0.29) is 0 Å². The van der Waals surface area contributed by atoms with Crippen LogP contribution in [0.3, 0.4) is 0 Å². The molecule has 0 unspecified atom stereocenters. The fourth-order valence-electron chi connectivity index (χ4n) is 2.09. The van der Waals surface area contributed by atoms with Crippen LogP contribution in [0.25, 0.3) is 11.0 Å². The van der Waals surface area contributed by atoms with Gasteiger partial charge in [0, 0.05) is 20.9 Å². The summed E-state index contributed by atoms with van der Waals surface area (Å²) < 4.78 is 34.9. The minimum absolute atomic E-state index is 0.432. The molecule has 0 amide bonds. The van der Waals surface area contributed by atoms with Crippen molar-refractivity contribution in [1.82, 2.24) is 9.55 Å². The van der Waals surface area contributed by atoms with E-state index in [0.717, 1.165) is 23.7 Å². The third kappa shape index (κ3) is 5.49. The number of benzene rings is 1. The Morgan fingerprint density at radius 2 is 1.96 bits per heavy atom. The molecule has 0 saturated carbocycles. The van der Waals surface area contributed by atoms with Crippen LogP contribution in [0, 0.1) is 0 Å². The molecular formula is C18H29N3O3SSi. The number of fused-ring (bicyclic) bond motifs is 1. The molecule has 6 nitrogen and oxygen atoms in total. The molecule has 0 aliphatic carbocycles. The average molecular weight is 396 g/mol. The lowest BCUT2D eigenvalue weighted by Gasteiger charge is -2.15. The highest BCUT2D eigenvalue weighted by Crippen LogP contribution is 2.18. The molecule has 0 N–H and O–H groups in total. The summed E-state index contributed by atoms with van der Waals surface area (Å²) in [5.41, 5.74) is 2.46. The van der Waals surface area contributed by atoms with Crippen LogP contribution in [-0.2, 0) is 21.5 Å². The van der Waals surface area contributed by atoms with Crippen molar-refractivity contribution in [3.8, 4) is 0 Å². The standard InChI is InChI=1S/C18H29N3O3SSi/c1-18(2,3)25(22,23)20-12-15-7-8-16-17(11-15)21(13-19-16)14-24-9-10-26(4,5)6/h7-8,11-13H,9-10,14H2,1-6H3. The first-order chi connectivity index (χ1) is 11.9. The summed E-state index contributed by atoms with van der Waals surface area (Å²) >= 11 is 0. The van der Waals surface area contributed by atoms with Gasteiger partial charge in [-0.05, 0) is 44.5 Å². The number of hydrogen-bond donors (Lipinski definition) is 0. The van der Waals surface area contributed by atoms with Gasteiger partial charge >= 0.3 is 0 Å². The maximum absolute atomic E-state index is 12.1. The number of ether oxygens (including phenoxy) is 1. The van der Waals surface area contributed by atoms with E-state index in [9.17, 15) is 8.42 Å². The van der Waals surface area contributed by atoms with Gasteiger partial charge in [0.25, 0.3) is 10.0 Å². The highest BCUT2D eigenvalue weighted by Gasteiger charge is 2.27. The second-order valence-electron chi connectivity index (χ2n) is 8.63. The minimum atomic E-state index is -3.55. The summed E-state index contributed by atoms with van der Waals surface area (Å²) in [6.45, 7) is 13.0. The summed E-state index contributed by atoms with van der Waals surface area (Å²) in [7, 11) is -4.66. The molecule has 2 aromatic rings. The van der Waals surface area contributed by atoms with Gasteiger partial charge < -0.3 is 9.30 Å². The van der Waals surface area contributed by atoms with Gasteiger partial charge in [0.2, 0.25) is 0 Å². The normalized spacial score (nSPS) is 13.8. The van der Waals surface area contributed by atoms with Crippen LogP contribution in [-0.4, -0.2) is 43.6 Å². The van der Waals surface area contributed by atoms with Crippen molar-refractivity contribution >= 4 is 35.3 Å². The second kappa shape index (κ2) is 7.62. The maximum atomic E-state index is 12.1. The number of imidazole rings is 1. The average Bonchev–Trinajstić information content (AvgIpc) is 2.90. The van der Waals surface area contributed by atoms with E-state index in [1.165, 1.54) is 6.21 Å². The Labute approximate surface area is 157 Å². The third-order valence-electron chi connectivity index (χ3n) is 3.99. The lowest BCUT2D eigenvalue weighted by atomic mass is 10.2. The zero-order valence-corrected chi connectivity index (χ0v) is 18.3. The van der Waals surface area contributed by atoms with Gasteiger partial charge in [-0.15, -0.1) is 0 Å². The Bertz CT molecular complexity index is 891. The van der Waals surface area contributed by atoms with E-state index >= 15 is 0 Å². The van der Waals surface area contributed by atoms with E-state index in [4.69, 9.17) is 4.74 Å². The first-order valence-corrected chi connectivity index (χ1v) is 13.9. The largest absolute Gasteiger partial charge is 0.361 e. The van der Waals surface area contributed by atoms with Crippen molar-refractivity contribution < 1.29 is 13.2 Å². The van der Waals surface area contributed by atoms with Crippen molar-refractivity contribution in [3.63, 3.8) is 0 Å². The van der Waals surface area contributed by atoms with E-state index in [1.54, 1.807) is 27.1 Å². The van der Waals surface area contributed by atoms with Gasteiger partial charge in [-0.25, -0.2) is 13.4 Å². The van der Waals surface area contributed by atoms with E-state index in [0.29, 0.717) is 12.3 Å². The molecule has 0 fully saturated rings. The van der Waals surface area contributed by atoms with Gasteiger partial charge in [0.1, 0.15) is 6.73 Å². The molecule has 1 aromatic heterocycles. The van der Waals surface area contributed by atoms with Crippen LogP contribution in [0.5, 0.6) is 0 Å². The predicted molar refractivity (Wildman–Crippen MR) is 110 cm³/mol. The Morgan fingerprint density at radius 1 is 1.27 bits per heavy atom. The van der Waals surface area contributed by atoms with Crippen LogP contribution < -0.4 is 0 Å². The third-order valence-corrected chi connectivity index (χ3v) is 7.62. The van der Waals surface area contributed by atoms with E-state index in [2.05, 4.69) is 29.0 Å². The lowest BCUT2D eigenvalue weighted by Crippen LogP contribution is -2.25. The van der Waals surface area contributed by atoms with Crippen LogP contribution in [0.4, 0.5) is 0 Å². The summed E-state index contributed by atoms with van der Waals surface area (Å²) in [4.78, 5) is 4.36. The van der Waals surface area contributed by atoms with Crippen LogP contribution in [0.15, 0.2) is 28.9 Å². The van der Waals surface area contributed by atoms with Gasteiger partial charge in [-0.3, -0.25) is 0 Å². The zero-order chi connectivity index (χ0) is 19.6. The molecule has 0 bridgehead atoms. The Balaban J connectivity index is 2.15. The van der Waals surface area contributed by atoms with Gasteiger partial charge in [0.15, 0.2) is 0 Å². The zero-order valence-electron chi connectivity index (χ0n) is 16.5. The van der Waals surface area contributed by atoms with Crippen molar-refractivity contribution in [2.24, 2.45) is 4.40 Å². The maximum Gasteiger partial charge on any atom is 0.258 e. The Kier molecular flexibility index (Phi) is 6.09. The first kappa shape index (κ1) is 20.8. The van der Waals surface area contributed by atoms with E-state index in [1.807, 2.05) is 22.8 Å². The SMILES string of the molecule is CC(C)(C)S(=O)(=O)N=Cc1ccc2ncn(COCC[Si](C)(C)C)c2c1. The smallest absolute Gasteiger partial charge is 0.258 e. The highest BCUT2D eigenvalue weighted by molar-refractivity contribution is 7.91. The molecule has 0 radical (unpaired) electrons. The summed E-state index contributed by atoms with van der Waals surface area (Å²) in [5, 5.41) is 0. The predicted octanol–water partition coefficient (Wildman–Crippen LogP) is 3.90. The highest BCUT2D eigenvalue weighted by atomic mass is 32.2. The Morgan fingerprint density at radius 3 is 2.58 bits per heavy atom. The van der Waals surface area contributed by atoms with Crippen molar-refractivity contribution in [2.45, 2.75) is 57.9 Å². The lowest BCUT2D eigenvalue weighted by molar-refractivity contribution is 0.0898. The molecule has 1 aromatic carbocycles. The van der Waals surface area contributed by atoms with Gasteiger partial charge in [-0.2, -0.15) is 4.40 Å². The van der Waals surface area contributed by atoms with Crippen LogP contribution in [0.1, 0.15) is 26.3 Å². The number of nitrogens with zero attached hydrogens (tertiary/aromatic N) is 3. The molecule has 144 valence electrons. The van der Waals surface area contributed by atoms with Crippen LogP contribution in [0.2, 0.25) is 25.7 Å². The Hall–Kier alpha value is -1.51. The molecular weight excluding hydrogens is 366 g/mol. The molecule has 26 heavy (non-hydrogen) atoms. The number of sulfonamides is 1. The fraction of sp³-hybridized carbons (Fsp3) is 0.556. The quantitative estimate of drug-likeness (QED) is 0.405. The van der Waals surface area contributed by atoms with Crippen molar-refractivity contribution in [1.29, 1.82) is 0 Å². The molecule has 8 heteroatoms. The van der Waals surface area contributed by atoms with Crippen molar-refractivity contribution in [2.75, 3.05) is 6.61 Å². The number of rotatable bonds is 7. The van der Waals surface area contributed by atoms with Gasteiger partial charge in [0.05, 0.1) is 22.1 Å². The van der Waals surface area contributed by atoms with Gasteiger partial charge in [-0.1, -0.05) is 25.7 Å². The molecule has 0 saturated heterocycles. The van der Waals surface area contributed by atoms with E-state index < -0.39 is 22.8 Å². The second-order valence-corrected chi connectivity index (χ2v) is 16.6. The first-order valence-electron chi connectivity index (χ1n) is 8.72. The monoisotopic (exact) mass is 395 g/mol. The molecule has 2 rings (SSSR count). The number of aromatic nitrogens is 2.